The van der Waals surface area contributed by atoms with E-state index in [1.54, 1.807) is 6.08 Å². The minimum atomic E-state index is -0.00930. The summed E-state index contributed by atoms with van der Waals surface area (Å²) in [7, 11) is 0. The lowest BCUT2D eigenvalue weighted by Crippen LogP contribution is -2.59. The maximum absolute atomic E-state index is 12.5. The molecule has 2 fully saturated rings. The molecule has 1 amide bonds. The van der Waals surface area contributed by atoms with Gasteiger partial charge in [0.25, 0.3) is 0 Å². The molecule has 1 aromatic rings. The van der Waals surface area contributed by atoms with Crippen LogP contribution in [0.3, 0.4) is 0 Å². The van der Waals surface area contributed by atoms with Crippen molar-refractivity contribution in [2.24, 2.45) is 0 Å². The highest BCUT2D eigenvalue weighted by atomic mass is 16.5. The summed E-state index contributed by atoms with van der Waals surface area (Å²) in [5, 5.41) is 3.18. The van der Waals surface area contributed by atoms with Crippen LogP contribution in [-0.4, -0.2) is 55.8 Å². The van der Waals surface area contributed by atoms with E-state index in [1.165, 1.54) is 37.7 Å². The van der Waals surface area contributed by atoms with E-state index in [0.29, 0.717) is 0 Å². The molecule has 2 aliphatic heterocycles. The lowest BCUT2D eigenvalue weighted by atomic mass is 9.79. The lowest BCUT2D eigenvalue weighted by Gasteiger charge is -2.48. The summed E-state index contributed by atoms with van der Waals surface area (Å²) in [6.07, 6.45) is 10.7. The van der Waals surface area contributed by atoms with Gasteiger partial charge in [0, 0.05) is 37.7 Å². The van der Waals surface area contributed by atoms with Crippen molar-refractivity contribution in [3.8, 4) is 5.75 Å². The van der Waals surface area contributed by atoms with Crippen LogP contribution in [0.15, 0.2) is 24.3 Å². The monoisotopic (exact) mass is 370 g/mol. The second-order valence-corrected chi connectivity index (χ2v) is 7.90. The first kappa shape index (κ1) is 18.5. The van der Waals surface area contributed by atoms with Gasteiger partial charge in [-0.3, -0.25) is 9.69 Å². The van der Waals surface area contributed by atoms with E-state index in [2.05, 4.69) is 16.3 Å². The molecule has 4 rings (SSSR count). The van der Waals surface area contributed by atoms with E-state index < -0.39 is 0 Å². The Balaban J connectivity index is 1.36. The number of amides is 1. The number of rotatable bonds is 5. The number of morpholine rings is 1. The van der Waals surface area contributed by atoms with E-state index in [4.69, 9.17) is 9.47 Å². The zero-order valence-corrected chi connectivity index (χ0v) is 16.0. The molecule has 0 aromatic heterocycles. The highest BCUT2D eigenvalue weighted by molar-refractivity contribution is 5.91. The van der Waals surface area contributed by atoms with E-state index in [9.17, 15) is 4.79 Å². The second-order valence-electron chi connectivity index (χ2n) is 7.90. The van der Waals surface area contributed by atoms with Crippen LogP contribution in [0, 0.1) is 0 Å². The van der Waals surface area contributed by atoms with E-state index >= 15 is 0 Å². The van der Waals surface area contributed by atoms with Crippen LogP contribution in [0.4, 0.5) is 0 Å². The molecule has 0 bridgehead atoms. The van der Waals surface area contributed by atoms with E-state index in [0.717, 1.165) is 57.2 Å². The summed E-state index contributed by atoms with van der Waals surface area (Å²) in [5.41, 5.74) is 2.39. The Morgan fingerprint density at radius 2 is 1.96 bits per heavy atom. The van der Waals surface area contributed by atoms with E-state index in [-0.39, 0.29) is 11.4 Å². The third-order valence-electron chi connectivity index (χ3n) is 6.20. The van der Waals surface area contributed by atoms with Crippen molar-refractivity contribution in [1.29, 1.82) is 0 Å². The first-order chi connectivity index (χ1) is 13.3. The van der Waals surface area contributed by atoms with Gasteiger partial charge in [-0.2, -0.15) is 0 Å². The number of nitrogens with zero attached hydrogens (tertiary/aromatic N) is 1. The van der Waals surface area contributed by atoms with Crippen molar-refractivity contribution >= 4 is 12.0 Å². The van der Waals surface area contributed by atoms with Gasteiger partial charge >= 0.3 is 0 Å². The number of hydrogen-bond donors (Lipinski definition) is 1. The number of hydrogen-bond acceptors (Lipinski definition) is 4. The molecule has 5 nitrogen and oxygen atoms in total. The van der Waals surface area contributed by atoms with Crippen LogP contribution in [0.1, 0.15) is 43.2 Å². The molecular weight excluding hydrogens is 340 g/mol. The normalized spacial score (nSPS) is 22.4. The summed E-state index contributed by atoms with van der Waals surface area (Å²) < 4.78 is 11.1. The smallest absolute Gasteiger partial charge is 0.244 e. The van der Waals surface area contributed by atoms with Gasteiger partial charge in [-0.1, -0.05) is 25.3 Å². The number of carbonyl (C=O) groups excluding carboxylic acids is 1. The van der Waals surface area contributed by atoms with Gasteiger partial charge in [0.2, 0.25) is 5.91 Å². The Kier molecular flexibility index (Phi) is 5.79. The predicted octanol–water partition coefficient (Wildman–Crippen LogP) is 2.79. The molecule has 1 N–H and O–H groups in total. The molecule has 3 aliphatic rings. The van der Waals surface area contributed by atoms with Crippen LogP contribution < -0.4 is 10.1 Å². The van der Waals surface area contributed by atoms with Gasteiger partial charge in [-0.05, 0) is 42.2 Å². The van der Waals surface area contributed by atoms with Crippen molar-refractivity contribution in [3.63, 3.8) is 0 Å². The zero-order chi connectivity index (χ0) is 18.5. The quantitative estimate of drug-likeness (QED) is 0.810. The maximum Gasteiger partial charge on any atom is 0.244 e. The van der Waals surface area contributed by atoms with Crippen LogP contribution in [0.25, 0.3) is 6.08 Å². The highest BCUT2D eigenvalue weighted by Crippen LogP contribution is 2.34. The van der Waals surface area contributed by atoms with Gasteiger partial charge < -0.3 is 14.8 Å². The van der Waals surface area contributed by atoms with Gasteiger partial charge in [0.05, 0.1) is 19.8 Å². The van der Waals surface area contributed by atoms with Crippen LogP contribution >= 0.6 is 0 Å². The molecule has 27 heavy (non-hydrogen) atoms. The number of carbonyl (C=O) groups is 1. The Labute approximate surface area is 161 Å². The fourth-order valence-electron chi connectivity index (χ4n) is 4.65. The molecule has 1 aliphatic carbocycles. The molecule has 0 radical (unpaired) electrons. The minimum absolute atomic E-state index is 0.00930. The summed E-state index contributed by atoms with van der Waals surface area (Å²) in [5.74, 6) is 0.964. The lowest BCUT2D eigenvalue weighted by molar-refractivity contribution is -0.117. The fourth-order valence-corrected chi connectivity index (χ4v) is 4.65. The van der Waals surface area contributed by atoms with Crippen LogP contribution in [-0.2, 0) is 16.0 Å². The summed E-state index contributed by atoms with van der Waals surface area (Å²) in [6.45, 7) is 5.04. The Bertz CT molecular complexity index is 689. The van der Waals surface area contributed by atoms with Crippen molar-refractivity contribution in [3.05, 3.63) is 35.4 Å². The fraction of sp³-hybridized carbons (Fsp3) is 0.591. The average molecular weight is 370 g/mol. The van der Waals surface area contributed by atoms with Crippen LogP contribution in [0.2, 0.25) is 0 Å². The molecule has 146 valence electrons. The number of ether oxygens (including phenoxy) is 2. The van der Waals surface area contributed by atoms with Crippen LogP contribution in [0.5, 0.6) is 5.75 Å². The molecule has 2 heterocycles. The van der Waals surface area contributed by atoms with Gasteiger partial charge in [0.15, 0.2) is 0 Å². The first-order valence-corrected chi connectivity index (χ1v) is 10.3. The number of nitrogens with one attached hydrogen (secondary N) is 1. The third kappa shape index (κ3) is 4.36. The molecule has 5 heteroatoms. The van der Waals surface area contributed by atoms with Crippen molar-refractivity contribution < 1.29 is 14.3 Å². The summed E-state index contributed by atoms with van der Waals surface area (Å²) >= 11 is 0. The third-order valence-corrected chi connectivity index (χ3v) is 6.20. The largest absolute Gasteiger partial charge is 0.493 e. The molecule has 1 saturated carbocycles. The summed E-state index contributed by atoms with van der Waals surface area (Å²) in [6, 6.07) is 6.11. The molecule has 0 atom stereocenters. The first-order valence-electron chi connectivity index (χ1n) is 10.3. The number of fused-ring (bicyclic) bond motifs is 1. The average Bonchev–Trinajstić information content (AvgIpc) is 3.20. The molecule has 1 saturated heterocycles. The molecule has 1 aromatic carbocycles. The highest BCUT2D eigenvalue weighted by Gasteiger charge is 2.38. The number of benzene rings is 1. The molecular formula is C22H30N2O3. The SMILES string of the molecule is O=C(/C=C/c1ccc2c(c1)CCO2)NCC1(N2CCOCC2)CCCCC1. The molecule has 0 spiro atoms. The van der Waals surface area contributed by atoms with Gasteiger partial charge in [0.1, 0.15) is 5.75 Å². The minimum Gasteiger partial charge on any atom is -0.493 e. The molecule has 0 unspecified atom stereocenters. The Hall–Kier alpha value is -1.85. The van der Waals surface area contributed by atoms with E-state index in [1.807, 2.05) is 18.2 Å². The second kappa shape index (κ2) is 8.44. The van der Waals surface area contributed by atoms with Crippen molar-refractivity contribution in [2.45, 2.75) is 44.1 Å². The maximum atomic E-state index is 12.5. The zero-order valence-electron chi connectivity index (χ0n) is 16.0. The van der Waals surface area contributed by atoms with Gasteiger partial charge in [-0.15, -0.1) is 0 Å². The predicted molar refractivity (Wildman–Crippen MR) is 106 cm³/mol. The van der Waals surface area contributed by atoms with Gasteiger partial charge in [-0.25, -0.2) is 0 Å². The Morgan fingerprint density at radius 1 is 1.15 bits per heavy atom. The summed E-state index contributed by atoms with van der Waals surface area (Å²) in [4.78, 5) is 15.0. The Morgan fingerprint density at radius 3 is 2.78 bits per heavy atom. The standard InChI is InChI=1S/C22H30N2O3/c25-21(7-5-18-4-6-20-19(16-18)8-13-27-20)23-17-22(9-2-1-3-10-22)24-11-14-26-15-12-24/h4-7,16H,1-3,8-15,17H2,(H,23,25)/b7-5+. The van der Waals surface area contributed by atoms with Crippen molar-refractivity contribution in [2.75, 3.05) is 39.5 Å². The van der Waals surface area contributed by atoms with Crippen molar-refractivity contribution in [1.82, 2.24) is 10.2 Å². The topological polar surface area (TPSA) is 50.8 Å².